The molecule has 6 nitrogen and oxygen atoms in total. The van der Waals surface area contributed by atoms with E-state index in [1.165, 1.54) is 0 Å². The number of rotatable bonds is 5. The van der Waals surface area contributed by atoms with Crippen LogP contribution in [0.15, 0.2) is 41.2 Å². The van der Waals surface area contributed by atoms with Crippen LogP contribution in [0.4, 0.5) is 5.69 Å². The van der Waals surface area contributed by atoms with E-state index in [2.05, 4.69) is 15.3 Å². The first kappa shape index (κ1) is 18.5. The molecule has 0 saturated carbocycles. The lowest BCUT2D eigenvalue weighted by atomic mass is 10.2. The molecule has 1 heterocycles. The van der Waals surface area contributed by atoms with Crippen molar-refractivity contribution in [3.05, 3.63) is 62.5 Å². The van der Waals surface area contributed by atoms with Crippen molar-refractivity contribution in [2.75, 3.05) is 12.4 Å². The van der Waals surface area contributed by atoms with Gasteiger partial charge in [0.2, 0.25) is 5.91 Å². The van der Waals surface area contributed by atoms with E-state index in [1.54, 1.807) is 30.3 Å². The first-order valence-electron chi connectivity index (χ1n) is 8.00. The largest absolute Gasteiger partial charge is 0.325 e. The van der Waals surface area contributed by atoms with Crippen molar-refractivity contribution >= 4 is 45.8 Å². The third-order valence-electron chi connectivity index (χ3n) is 4.24. The van der Waals surface area contributed by atoms with Gasteiger partial charge in [0, 0.05) is 12.2 Å². The molecule has 0 aliphatic rings. The van der Waals surface area contributed by atoms with Gasteiger partial charge in [0.1, 0.15) is 0 Å². The topological polar surface area (TPSA) is 81.0 Å². The van der Waals surface area contributed by atoms with Crippen LogP contribution in [0, 0.1) is 0 Å². The van der Waals surface area contributed by atoms with Crippen LogP contribution in [-0.4, -0.2) is 33.9 Å². The molecule has 0 saturated heterocycles. The molecule has 1 amide bonds. The quantitative estimate of drug-likeness (QED) is 0.619. The predicted octanol–water partition coefficient (Wildman–Crippen LogP) is 3.62. The van der Waals surface area contributed by atoms with E-state index in [4.69, 9.17) is 23.2 Å². The zero-order valence-electron chi connectivity index (χ0n) is 14.3. The van der Waals surface area contributed by atoms with Gasteiger partial charge in [-0.3, -0.25) is 9.69 Å². The van der Waals surface area contributed by atoms with Gasteiger partial charge < -0.3 is 15.3 Å². The fraction of sp³-hybridized carbons (Fsp3) is 0.222. The minimum Gasteiger partial charge on any atom is -0.325 e. The standard InChI is InChI=1S/C18H18Cl2N4O2/c1-10(24(2)9-11-3-5-13(19)14(20)7-11)17(25)21-12-4-6-15-16(8-12)23-18(26)22-15/h3-8,10H,9H2,1-2H3,(H,21,25)(H2,22,23,26). The maximum absolute atomic E-state index is 12.5. The van der Waals surface area contributed by atoms with Gasteiger partial charge >= 0.3 is 5.69 Å². The number of aromatic amines is 2. The lowest BCUT2D eigenvalue weighted by Crippen LogP contribution is -2.39. The Morgan fingerprint density at radius 3 is 2.58 bits per heavy atom. The molecule has 2 aromatic carbocycles. The highest BCUT2D eigenvalue weighted by atomic mass is 35.5. The smallest absolute Gasteiger partial charge is 0.323 e. The maximum atomic E-state index is 12.5. The molecule has 1 unspecified atom stereocenters. The molecule has 136 valence electrons. The number of benzene rings is 2. The van der Waals surface area contributed by atoms with Gasteiger partial charge in [-0.1, -0.05) is 29.3 Å². The van der Waals surface area contributed by atoms with Gasteiger partial charge in [-0.25, -0.2) is 4.79 Å². The molecule has 3 N–H and O–H groups in total. The van der Waals surface area contributed by atoms with E-state index >= 15 is 0 Å². The Labute approximate surface area is 160 Å². The average molecular weight is 393 g/mol. The van der Waals surface area contributed by atoms with Gasteiger partial charge in [-0.2, -0.15) is 0 Å². The van der Waals surface area contributed by atoms with Crippen LogP contribution in [0.3, 0.4) is 0 Å². The Bertz CT molecular complexity index is 1010. The first-order valence-corrected chi connectivity index (χ1v) is 8.76. The number of hydrogen-bond acceptors (Lipinski definition) is 3. The summed E-state index contributed by atoms with van der Waals surface area (Å²) in [4.78, 5) is 31.1. The molecular weight excluding hydrogens is 375 g/mol. The minimum atomic E-state index is -0.370. The van der Waals surface area contributed by atoms with Crippen LogP contribution in [0.5, 0.6) is 0 Å². The third-order valence-corrected chi connectivity index (χ3v) is 4.98. The molecule has 0 fully saturated rings. The highest BCUT2D eigenvalue weighted by Crippen LogP contribution is 2.23. The summed E-state index contributed by atoms with van der Waals surface area (Å²) in [6.07, 6.45) is 0. The molecule has 3 rings (SSSR count). The van der Waals surface area contributed by atoms with Gasteiger partial charge in [0.05, 0.1) is 27.1 Å². The van der Waals surface area contributed by atoms with Crippen molar-refractivity contribution in [2.45, 2.75) is 19.5 Å². The molecule has 0 aliphatic carbocycles. The van der Waals surface area contributed by atoms with E-state index in [0.29, 0.717) is 33.3 Å². The second-order valence-electron chi connectivity index (χ2n) is 6.17. The number of aromatic nitrogens is 2. The lowest BCUT2D eigenvalue weighted by Gasteiger charge is -2.24. The lowest BCUT2D eigenvalue weighted by molar-refractivity contribution is -0.120. The molecule has 1 aromatic heterocycles. The Balaban J connectivity index is 1.67. The van der Waals surface area contributed by atoms with E-state index in [0.717, 1.165) is 5.56 Å². The van der Waals surface area contributed by atoms with Crippen molar-refractivity contribution in [3.63, 3.8) is 0 Å². The zero-order valence-corrected chi connectivity index (χ0v) is 15.8. The number of hydrogen-bond donors (Lipinski definition) is 3. The summed E-state index contributed by atoms with van der Waals surface area (Å²) in [5.41, 5.74) is 2.64. The van der Waals surface area contributed by atoms with Crippen LogP contribution in [0.2, 0.25) is 10.0 Å². The second-order valence-corrected chi connectivity index (χ2v) is 6.98. The number of carbonyl (C=O) groups is 1. The summed E-state index contributed by atoms with van der Waals surface area (Å²) < 4.78 is 0. The van der Waals surface area contributed by atoms with Crippen LogP contribution < -0.4 is 11.0 Å². The summed E-state index contributed by atoms with van der Waals surface area (Å²) in [5, 5.41) is 3.86. The van der Waals surface area contributed by atoms with E-state index in [-0.39, 0.29) is 17.6 Å². The summed E-state index contributed by atoms with van der Waals surface area (Å²) >= 11 is 12.0. The van der Waals surface area contributed by atoms with Crippen LogP contribution in [0.1, 0.15) is 12.5 Å². The number of nitrogens with one attached hydrogen (secondary N) is 3. The Kier molecular flexibility index (Phi) is 5.36. The summed E-state index contributed by atoms with van der Waals surface area (Å²) in [5.74, 6) is -0.148. The Morgan fingerprint density at radius 2 is 1.85 bits per heavy atom. The van der Waals surface area contributed by atoms with Crippen molar-refractivity contribution < 1.29 is 4.79 Å². The normalized spacial score (nSPS) is 12.5. The molecule has 0 aliphatic heterocycles. The highest BCUT2D eigenvalue weighted by Gasteiger charge is 2.19. The van der Waals surface area contributed by atoms with Crippen LogP contribution in [0.25, 0.3) is 11.0 Å². The maximum Gasteiger partial charge on any atom is 0.323 e. The third kappa shape index (κ3) is 4.09. The number of H-pyrrole nitrogens is 2. The van der Waals surface area contributed by atoms with Gasteiger partial charge in [-0.15, -0.1) is 0 Å². The molecule has 26 heavy (non-hydrogen) atoms. The number of imidazole rings is 1. The number of nitrogens with zero attached hydrogens (tertiary/aromatic N) is 1. The average Bonchev–Trinajstić information content (AvgIpc) is 2.96. The van der Waals surface area contributed by atoms with Crippen molar-refractivity contribution in [3.8, 4) is 0 Å². The van der Waals surface area contributed by atoms with Crippen LogP contribution in [-0.2, 0) is 11.3 Å². The van der Waals surface area contributed by atoms with Crippen molar-refractivity contribution in [1.82, 2.24) is 14.9 Å². The van der Waals surface area contributed by atoms with Gasteiger partial charge in [0.25, 0.3) is 0 Å². The first-order chi connectivity index (χ1) is 12.3. The molecule has 0 bridgehead atoms. The predicted molar refractivity (Wildman–Crippen MR) is 105 cm³/mol. The Hall–Kier alpha value is -2.28. The van der Waals surface area contributed by atoms with E-state index in [9.17, 15) is 9.59 Å². The zero-order chi connectivity index (χ0) is 18.8. The van der Waals surface area contributed by atoms with Crippen molar-refractivity contribution in [1.29, 1.82) is 0 Å². The number of amides is 1. The Morgan fingerprint density at radius 1 is 1.12 bits per heavy atom. The van der Waals surface area contributed by atoms with Crippen molar-refractivity contribution in [2.24, 2.45) is 0 Å². The minimum absolute atomic E-state index is 0.148. The van der Waals surface area contributed by atoms with Gasteiger partial charge in [0.15, 0.2) is 0 Å². The summed E-state index contributed by atoms with van der Waals surface area (Å²) in [6.45, 7) is 2.37. The number of fused-ring (bicyclic) bond motifs is 1. The SMILES string of the molecule is CC(C(=O)Nc1ccc2[nH]c(=O)[nH]c2c1)N(C)Cc1ccc(Cl)c(Cl)c1. The number of anilines is 1. The van der Waals surface area contributed by atoms with Crippen LogP contribution >= 0.6 is 23.2 Å². The molecule has 3 aromatic rings. The fourth-order valence-corrected chi connectivity index (χ4v) is 2.94. The fourth-order valence-electron chi connectivity index (χ4n) is 2.62. The van der Waals surface area contributed by atoms with E-state index in [1.807, 2.05) is 24.9 Å². The highest BCUT2D eigenvalue weighted by molar-refractivity contribution is 6.42. The molecular formula is C18H18Cl2N4O2. The number of likely N-dealkylation sites (N-methyl/N-ethyl adjacent to an activating group) is 1. The summed E-state index contributed by atoms with van der Waals surface area (Å²) in [7, 11) is 1.86. The molecule has 0 radical (unpaired) electrons. The molecule has 8 heteroatoms. The molecule has 1 atom stereocenters. The summed E-state index contributed by atoms with van der Waals surface area (Å²) in [6, 6.07) is 10.3. The number of carbonyl (C=O) groups excluding carboxylic acids is 1. The van der Waals surface area contributed by atoms with Gasteiger partial charge in [-0.05, 0) is 49.9 Å². The molecule has 0 spiro atoms. The van der Waals surface area contributed by atoms with E-state index < -0.39 is 0 Å². The second kappa shape index (κ2) is 7.53. The monoisotopic (exact) mass is 392 g/mol. The number of halogens is 2.